The Kier molecular flexibility index (Phi) is 3.51. The van der Waals surface area contributed by atoms with Crippen molar-refractivity contribution in [3.8, 4) is 6.07 Å². The number of nitrogens with one attached hydrogen (secondary N) is 1. The molecule has 1 rings (SSSR count). The first kappa shape index (κ1) is 9.50. The van der Waals surface area contributed by atoms with Crippen molar-refractivity contribution in [1.82, 2.24) is 5.32 Å². The third kappa shape index (κ3) is 2.47. The van der Waals surface area contributed by atoms with Gasteiger partial charge in [-0.3, -0.25) is 0 Å². The van der Waals surface area contributed by atoms with Gasteiger partial charge in [-0.1, -0.05) is 0 Å². The molecule has 3 heteroatoms. The van der Waals surface area contributed by atoms with Gasteiger partial charge in [-0.25, -0.2) is 0 Å². The summed E-state index contributed by atoms with van der Waals surface area (Å²) >= 11 is 0. The lowest BCUT2D eigenvalue weighted by atomic mass is 9.88. The van der Waals surface area contributed by atoms with Gasteiger partial charge in [-0.05, 0) is 19.8 Å². The third-order valence-corrected chi connectivity index (χ3v) is 2.35. The predicted octanol–water partition coefficient (Wildman–Crippen LogP) is 1.06. The van der Waals surface area contributed by atoms with Gasteiger partial charge in [0.05, 0.1) is 18.6 Å². The van der Waals surface area contributed by atoms with Gasteiger partial charge < -0.3 is 10.1 Å². The molecule has 0 amide bonds. The van der Waals surface area contributed by atoms with E-state index in [-0.39, 0.29) is 0 Å². The molecule has 0 spiro atoms. The van der Waals surface area contributed by atoms with Gasteiger partial charge in [0.15, 0.2) is 0 Å². The average molecular weight is 168 g/mol. The highest BCUT2D eigenvalue weighted by atomic mass is 16.5. The number of nitrogens with zero attached hydrogens (tertiary/aromatic N) is 1. The van der Waals surface area contributed by atoms with Crippen LogP contribution in [0.3, 0.4) is 0 Å². The molecule has 1 saturated carbocycles. The lowest BCUT2D eigenvalue weighted by molar-refractivity contribution is 0.0149. The quantitative estimate of drug-likeness (QED) is 0.682. The maximum absolute atomic E-state index is 8.42. The van der Waals surface area contributed by atoms with Crippen LogP contribution in [0.4, 0.5) is 0 Å². The topological polar surface area (TPSA) is 45.0 Å². The Morgan fingerprint density at radius 1 is 1.67 bits per heavy atom. The minimum absolute atomic E-state index is 0.317. The summed E-state index contributed by atoms with van der Waals surface area (Å²) in [7, 11) is 1.75. The van der Waals surface area contributed by atoms with Gasteiger partial charge in [0.1, 0.15) is 0 Å². The van der Waals surface area contributed by atoms with Crippen LogP contribution in [-0.2, 0) is 4.74 Å². The Hall–Kier alpha value is -0.590. The van der Waals surface area contributed by atoms with Crippen molar-refractivity contribution in [3.63, 3.8) is 0 Å². The second kappa shape index (κ2) is 4.44. The first-order valence-corrected chi connectivity index (χ1v) is 4.42. The monoisotopic (exact) mass is 168 g/mol. The number of hydrogen-bond acceptors (Lipinski definition) is 3. The number of hydrogen-bond donors (Lipinski definition) is 1. The molecule has 0 aromatic rings. The maximum atomic E-state index is 8.42. The molecule has 1 aliphatic rings. The van der Waals surface area contributed by atoms with Crippen molar-refractivity contribution >= 4 is 0 Å². The molecule has 0 bridgehead atoms. The van der Waals surface area contributed by atoms with E-state index >= 15 is 0 Å². The van der Waals surface area contributed by atoms with Gasteiger partial charge in [-0.2, -0.15) is 5.26 Å². The van der Waals surface area contributed by atoms with Crippen LogP contribution in [0.2, 0.25) is 0 Å². The number of ether oxygens (including phenoxy) is 1. The van der Waals surface area contributed by atoms with Crippen LogP contribution in [0.1, 0.15) is 26.2 Å². The number of methoxy groups -OCH3 is 1. The summed E-state index contributed by atoms with van der Waals surface area (Å²) in [6.07, 6.45) is 3.21. The van der Waals surface area contributed by atoms with Crippen LogP contribution in [-0.4, -0.2) is 25.3 Å². The lowest BCUT2D eigenvalue weighted by Crippen LogP contribution is -2.48. The molecule has 0 heterocycles. The molecule has 12 heavy (non-hydrogen) atoms. The van der Waals surface area contributed by atoms with E-state index < -0.39 is 0 Å². The van der Waals surface area contributed by atoms with Gasteiger partial charge in [0, 0.05) is 19.2 Å². The predicted molar refractivity (Wildman–Crippen MR) is 46.6 cm³/mol. The van der Waals surface area contributed by atoms with E-state index in [1.165, 1.54) is 0 Å². The summed E-state index contributed by atoms with van der Waals surface area (Å²) in [6, 6.07) is 3.04. The van der Waals surface area contributed by atoms with E-state index in [9.17, 15) is 0 Å². The van der Waals surface area contributed by atoms with Crippen molar-refractivity contribution < 1.29 is 4.74 Å². The van der Waals surface area contributed by atoms with Crippen LogP contribution in [0.5, 0.6) is 0 Å². The van der Waals surface area contributed by atoms with Crippen LogP contribution in [0.15, 0.2) is 0 Å². The molecule has 3 nitrogen and oxygen atoms in total. The normalized spacial score (nSPS) is 30.4. The summed E-state index contributed by atoms with van der Waals surface area (Å²) in [4.78, 5) is 0. The summed E-state index contributed by atoms with van der Waals surface area (Å²) in [5.41, 5.74) is 0. The van der Waals surface area contributed by atoms with Gasteiger partial charge in [0.2, 0.25) is 0 Å². The van der Waals surface area contributed by atoms with E-state index in [0.29, 0.717) is 24.6 Å². The van der Waals surface area contributed by atoms with Crippen molar-refractivity contribution in [1.29, 1.82) is 5.26 Å². The smallest absolute Gasteiger partial charge is 0.0638 e. The molecule has 0 aromatic heterocycles. The molecular formula is C9H16N2O. The molecule has 1 fully saturated rings. The standard InChI is InChI=1S/C9H16N2O/c1-7(3-4-10)11-8-5-9(6-8)12-2/h7-9,11H,3,5-6H2,1-2H3. The Labute approximate surface area is 73.7 Å². The van der Waals surface area contributed by atoms with Gasteiger partial charge >= 0.3 is 0 Å². The van der Waals surface area contributed by atoms with Crippen molar-refractivity contribution in [2.75, 3.05) is 7.11 Å². The van der Waals surface area contributed by atoms with Crippen LogP contribution >= 0.6 is 0 Å². The third-order valence-electron chi connectivity index (χ3n) is 2.35. The SMILES string of the molecule is COC1CC(NC(C)CC#N)C1. The molecule has 1 N–H and O–H groups in total. The summed E-state index contributed by atoms with van der Waals surface area (Å²) in [5.74, 6) is 0. The van der Waals surface area contributed by atoms with Crippen molar-refractivity contribution in [2.24, 2.45) is 0 Å². The second-order valence-electron chi connectivity index (χ2n) is 3.46. The van der Waals surface area contributed by atoms with E-state index in [4.69, 9.17) is 10.00 Å². The van der Waals surface area contributed by atoms with E-state index in [2.05, 4.69) is 11.4 Å². The largest absolute Gasteiger partial charge is 0.381 e. The molecule has 0 aromatic carbocycles. The second-order valence-corrected chi connectivity index (χ2v) is 3.46. The molecule has 1 atom stereocenters. The Morgan fingerprint density at radius 3 is 2.83 bits per heavy atom. The van der Waals surface area contributed by atoms with Crippen LogP contribution in [0.25, 0.3) is 0 Å². The van der Waals surface area contributed by atoms with Crippen molar-refractivity contribution in [2.45, 2.75) is 44.4 Å². The first-order valence-electron chi connectivity index (χ1n) is 4.42. The minimum Gasteiger partial charge on any atom is -0.381 e. The minimum atomic E-state index is 0.317. The van der Waals surface area contributed by atoms with Gasteiger partial charge in [0.25, 0.3) is 0 Å². The molecule has 68 valence electrons. The zero-order valence-corrected chi connectivity index (χ0v) is 7.71. The molecule has 0 saturated heterocycles. The first-order chi connectivity index (χ1) is 5.76. The highest BCUT2D eigenvalue weighted by molar-refractivity contribution is 4.89. The lowest BCUT2D eigenvalue weighted by Gasteiger charge is -2.36. The Balaban J connectivity index is 2.07. The molecule has 0 aliphatic heterocycles. The Morgan fingerprint density at radius 2 is 2.33 bits per heavy atom. The van der Waals surface area contributed by atoms with E-state index in [1.807, 2.05) is 6.92 Å². The number of nitriles is 1. The van der Waals surface area contributed by atoms with Crippen molar-refractivity contribution in [3.05, 3.63) is 0 Å². The summed E-state index contributed by atoms with van der Waals surface area (Å²) in [6.45, 7) is 2.04. The van der Waals surface area contributed by atoms with Crippen LogP contribution in [0, 0.1) is 11.3 Å². The Bertz CT molecular complexity index is 170. The summed E-state index contributed by atoms with van der Waals surface area (Å²) in [5, 5.41) is 11.8. The van der Waals surface area contributed by atoms with E-state index in [1.54, 1.807) is 7.11 Å². The highest BCUT2D eigenvalue weighted by Gasteiger charge is 2.29. The zero-order valence-electron chi connectivity index (χ0n) is 7.71. The fraction of sp³-hybridized carbons (Fsp3) is 0.889. The van der Waals surface area contributed by atoms with Gasteiger partial charge in [-0.15, -0.1) is 0 Å². The fourth-order valence-corrected chi connectivity index (χ4v) is 1.49. The summed E-state index contributed by atoms with van der Waals surface area (Å²) < 4.78 is 5.15. The van der Waals surface area contributed by atoms with E-state index in [0.717, 1.165) is 12.8 Å². The molecular weight excluding hydrogens is 152 g/mol. The fourth-order valence-electron chi connectivity index (χ4n) is 1.49. The highest BCUT2D eigenvalue weighted by Crippen LogP contribution is 2.22. The molecule has 0 radical (unpaired) electrons. The molecule has 1 unspecified atom stereocenters. The average Bonchev–Trinajstić information content (AvgIpc) is 1.96. The zero-order chi connectivity index (χ0) is 8.97. The van der Waals surface area contributed by atoms with Crippen LogP contribution < -0.4 is 5.32 Å². The maximum Gasteiger partial charge on any atom is 0.0638 e. The molecule has 1 aliphatic carbocycles. The number of rotatable bonds is 4.